The van der Waals surface area contributed by atoms with Gasteiger partial charge in [0.15, 0.2) is 5.78 Å². The number of Topliss-reactive ketones (excluding diaryl/α,β-unsaturated/α-hetero) is 1. The molecule has 0 radical (unpaired) electrons. The second kappa shape index (κ2) is 6.82. The van der Waals surface area contributed by atoms with Gasteiger partial charge in [-0.15, -0.1) is 0 Å². The van der Waals surface area contributed by atoms with Gasteiger partial charge in [0.05, 0.1) is 11.9 Å². The summed E-state index contributed by atoms with van der Waals surface area (Å²) in [5.74, 6) is -1.42. The Kier molecular flexibility index (Phi) is 4.58. The number of allylic oxidation sites excluding steroid dienone is 2. The number of amides is 1. The van der Waals surface area contributed by atoms with E-state index in [0.717, 1.165) is 0 Å². The summed E-state index contributed by atoms with van der Waals surface area (Å²) < 4.78 is 14.7. The van der Waals surface area contributed by atoms with E-state index in [9.17, 15) is 14.0 Å². The smallest absolute Gasteiger partial charge is 0.232 e. The molecule has 0 bridgehead atoms. The van der Waals surface area contributed by atoms with Crippen LogP contribution >= 0.6 is 11.6 Å². The van der Waals surface area contributed by atoms with Crippen LogP contribution in [-0.2, 0) is 9.59 Å². The Morgan fingerprint density at radius 1 is 1.18 bits per heavy atom. The van der Waals surface area contributed by atoms with E-state index in [1.807, 2.05) is 13.8 Å². The van der Waals surface area contributed by atoms with Gasteiger partial charge in [-0.2, -0.15) is 0 Å². The lowest BCUT2D eigenvalue weighted by Gasteiger charge is -2.42. The molecule has 6 heteroatoms. The van der Waals surface area contributed by atoms with E-state index in [2.05, 4.69) is 4.98 Å². The minimum atomic E-state index is -0.673. The van der Waals surface area contributed by atoms with Crippen LogP contribution in [-0.4, -0.2) is 16.7 Å². The van der Waals surface area contributed by atoms with Gasteiger partial charge in [0, 0.05) is 46.8 Å². The second-order valence-corrected chi connectivity index (χ2v) is 8.54. The molecule has 4 rings (SSSR count). The third-order valence-electron chi connectivity index (χ3n) is 5.40. The summed E-state index contributed by atoms with van der Waals surface area (Å²) in [6.45, 7) is 4.00. The molecule has 1 aliphatic carbocycles. The van der Waals surface area contributed by atoms with E-state index < -0.39 is 11.7 Å². The van der Waals surface area contributed by atoms with Crippen molar-refractivity contribution in [2.24, 2.45) is 5.41 Å². The summed E-state index contributed by atoms with van der Waals surface area (Å²) in [5, 5.41) is 0.233. The van der Waals surface area contributed by atoms with Gasteiger partial charge in [-0.25, -0.2) is 4.39 Å². The van der Waals surface area contributed by atoms with Crippen LogP contribution < -0.4 is 4.90 Å². The molecule has 2 aliphatic rings. The summed E-state index contributed by atoms with van der Waals surface area (Å²) in [6.07, 6.45) is 4.11. The molecule has 0 fully saturated rings. The Balaban J connectivity index is 1.95. The molecule has 4 nitrogen and oxygen atoms in total. The topological polar surface area (TPSA) is 50.3 Å². The molecule has 0 saturated carbocycles. The van der Waals surface area contributed by atoms with Crippen molar-refractivity contribution < 1.29 is 14.0 Å². The molecular weight excluding hydrogens is 379 g/mol. The maximum atomic E-state index is 14.7. The number of hydrogen-bond donors (Lipinski definition) is 0. The Hall–Kier alpha value is -2.53. The average molecular weight is 399 g/mol. The summed E-state index contributed by atoms with van der Waals surface area (Å²) in [7, 11) is 0. The third-order valence-corrected chi connectivity index (χ3v) is 5.72. The van der Waals surface area contributed by atoms with E-state index in [-0.39, 0.29) is 34.1 Å². The Morgan fingerprint density at radius 2 is 1.96 bits per heavy atom. The average Bonchev–Trinajstić information content (AvgIpc) is 2.60. The van der Waals surface area contributed by atoms with Crippen molar-refractivity contribution in [3.8, 4) is 0 Å². The minimum Gasteiger partial charge on any atom is -0.294 e. The van der Waals surface area contributed by atoms with E-state index in [4.69, 9.17) is 11.6 Å². The fourth-order valence-corrected chi connectivity index (χ4v) is 4.59. The number of aromatic nitrogens is 1. The zero-order valence-corrected chi connectivity index (χ0v) is 16.5. The number of carbonyl (C=O) groups excluding carboxylic acids is 2. The predicted molar refractivity (Wildman–Crippen MR) is 106 cm³/mol. The van der Waals surface area contributed by atoms with Crippen LogP contribution in [0, 0.1) is 11.2 Å². The van der Waals surface area contributed by atoms with Gasteiger partial charge < -0.3 is 0 Å². The number of ketones is 1. The molecule has 1 aliphatic heterocycles. The third kappa shape index (κ3) is 3.14. The number of hydrogen-bond acceptors (Lipinski definition) is 3. The van der Waals surface area contributed by atoms with Crippen LogP contribution in [0.5, 0.6) is 0 Å². The maximum Gasteiger partial charge on any atom is 0.232 e. The van der Waals surface area contributed by atoms with Crippen molar-refractivity contribution in [1.29, 1.82) is 0 Å². The highest BCUT2D eigenvalue weighted by molar-refractivity contribution is 6.31. The van der Waals surface area contributed by atoms with Crippen molar-refractivity contribution in [3.63, 3.8) is 0 Å². The monoisotopic (exact) mass is 398 g/mol. The molecule has 0 spiro atoms. The maximum absolute atomic E-state index is 14.7. The van der Waals surface area contributed by atoms with E-state index in [0.29, 0.717) is 29.8 Å². The van der Waals surface area contributed by atoms with Crippen LogP contribution in [0.15, 0.2) is 54.0 Å². The van der Waals surface area contributed by atoms with Crippen molar-refractivity contribution >= 4 is 29.0 Å². The number of pyridine rings is 1. The van der Waals surface area contributed by atoms with Crippen LogP contribution in [0.2, 0.25) is 5.02 Å². The summed E-state index contributed by atoms with van der Waals surface area (Å²) in [6, 6.07) is 7.97. The largest absolute Gasteiger partial charge is 0.294 e. The fourth-order valence-electron chi connectivity index (χ4n) is 4.29. The summed E-state index contributed by atoms with van der Waals surface area (Å²) in [4.78, 5) is 32.0. The van der Waals surface area contributed by atoms with Crippen LogP contribution in [0.1, 0.15) is 44.6 Å². The predicted octanol–water partition coefficient (Wildman–Crippen LogP) is 5.04. The molecule has 2 aromatic rings. The minimum absolute atomic E-state index is 0.0133. The molecule has 1 aromatic heterocycles. The Labute approximate surface area is 168 Å². The molecule has 1 aromatic carbocycles. The number of benzene rings is 1. The first-order valence-electron chi connectivity index (χ1n) is 9.21. The molecule has 2 heterocycles. The Morgan fingerprint density at radius 3 is 2.64 bits per heavy atom. The number of carbonyl (C=O) groups is 2. The molecule has 0 saturated heterocycles. The molecule has 144 valence electrons. The number of rotatable bonds is 2. The normalized spacial score (nSPS) is 21.7. The van der Waals surface area contributed by atoms with E-state index in [1.54, 1.807) is 35.5 Å². The van der Waals surface area contributed by atoms with Gasteiger partial charge in [0.1, 0.15) is 5.82 Å². The first kappa shape index (κ1) is 18.8. The number of halogens is 2. The van der Waals surface area contributed by atoms with Crippen LogP contribution in [0.3, 0.4) is 0 Å². The lowest BCUT2D eigenvalue weighted by Crippen LogP contribution is -2.44. The molecule has 1 unspecified atom stereocenters. The van der Waals surface area contributed by atoms with Crippen LogP contribution in [0.25, 0.3) is 0 Å². The molecular formula is C22H20ClFN2O2. The molecule has 1 amide bonds. The van der Waals surface area contributed by atoms with Crippen molar-refractivity contribution in [2.45, 2.75) is 39.0 Å². The van der Waals surface area contributed by atoms with Crippen molar-refractivity contribution in [2.75, 3.05) is 4.90 Å². The van der Waals surface area contributed by atoms with E-state index in [1.165, 1.54) is 12.1 Å². The SMILES string of the molecule is CC1(C)CC(=O)C2=C(C1)N(c1cccnc1)C(=O)CC2c1c(F)cccc1Cl. The lowest BCUT2D eigenvalue weighted by atomic mass is 9.69. The van der Waals surface area contributed by atoms with Gasteiger partial charge in [0.25, 0.3) is 0 Å². The molecule has 1 atom stereocenters. The van der Waals surface area contributed by atoms with Crippen molar-refractivity contribution in [1.82, 2.24) is 4.98 Å². The zero-order valence-electron chi connectivity index (χ0n) is 15.7. The molecule has 0 N–H and O–H groups in total. The van der Waals surface area contributed by atoms with Gasteiger partial charge in [-0.05, 0) is 36.1 Å². The zero-order chi connectivity index (χ0) is 20.1. The summed E-state index contributed by atoms with van der Waals surface area (Å²) >= 11 is 6.29. The fraction of sp³-hybridized carbons (Fsp3) is 0.318. The Bertz CT molecular complexity index is 981. The van der Waals surface area contributed by atoms with E-state index >= 15 is 0 Å². The van der Waals surface area contributed by atoms with Gasteiger partial charge >= 0.3 is 0 Å². The van der Waals surface area contributed by atoms with Crippen molar-refractivity contribution in [3.05, 3.63) is 70.4 Å². The first-order valence-corrected chi connectivity index (χ1v) is 9.59. The standard InChI is InChI=1S/C22H20ClFN2O2/c1-22(2)10-17-21(18(27)11-22)14(20-15(23)6-3-7-16(20)24)9-19(28)26(17)13-5-4-8-25-12-13/h3-8,12,14H,9-11H2,1-2H3. The highest BCUT2D eigenvalue weighted by Crippen LogP contribution is 2.49. The quantitative estimate of drug-likeness (QED) is 0.712. The first-order chi connectivity index (χ1) is 13.3. The number of nitrogens with zero attached hydrogens (tertiary/aromatic N) is 2. The second-order valence-electron chi connectivity index (χ2n) is 8.13. The van der Waals surface area contributed by atoms with Gasteiger partial charge in [-0.1, -0.05) is 31.5 Å². The summed E-state index contributed by atoms with van der Waals surface area (Å²) in [5.41, 5.74) is 1.68. The van der Waals surface area contributed by atoms with Gasteiger partial charge in [0.2, 0.25) is 5.91 Å². The highest BCUT2D eigenvalue weighted by atomic mass is 35.5. The lowest BCUT2D eigenvalue weighted by molar-refractivity contribution is -0.121. The highest BCUT2D eigenvalue weighted by Gasteiger charge is 2.45. The number of anilines is 1. The van der Waals surface area contributed by atoms with Crippen LogP contribution in [0.4, 0.5) is 10.1 Å². The van der Waals surface area contributed by atoms with Gasteiger partial charge in [-0.3, -0.25) is 19.5 Å². The molecule has 28 heavy (non-hydrogen) atoms.